The number of hydrogen-bond donors (Lipinski definition) is 0. The fourth-order valence-corrected chi connectivity index (χ4v) is 4.55. The molecule has 0 N–H and O–H groups in total. The molecule has 0 spiro atoms. The zero-order valence-electron chi connectivity index (χ0n) is 16.8. The number of aromatic nitrogens is 1. The fraction of sp³-hybridized carbons (Fsp3) is 0.364. The van der Waals surface area contributed by atoms with E-state index in [4.69, 9.17) is 16.6 Å². The van der Waals surface area contributed by atoms with E-state index < -0.39 is 0 Å². The Labute approximate surface area is 175 Å². The summed E-state index contributed by atoms with van der Waals surface area (Å²) < 4.78 is 1.13. The Bertz CT molecular complexity index is 981. The monoisotopic (exact) mass is 415 g/mol. The van der Waals surface area contributed by atoms with Crippen molar-refractivity contribution in [2.24, 2.45) is 0 Å². The van der Waals surface area contributed by atoms with Crippen molar-refractivity contribution in [3.05, 3.63) is 58.1 Å². The highest BCUT2D eigenvalue weighted by Gasteiger charge is 2.22. The summed E-state index contributed by atoms with van der Waals surface area (Å²) in [6.07, 6.45) is 0. The standard InChI is InChI=1S/C22H26ClN3OS/c1-5-25(6-2)10-11-26(21(27)17-8-7-9-18(23)14-17)22-24-19-13-15(3)12-16(4)20(19)28-22/h7-9,12-14H,5-6,10-11H2,1-4H3. The van der Waals surface area contributed by atoms with Crippen LogP contribution in [0.25, 0.3) is 10.2 Å². The molecule has 6 heteroatoms. The van der Waals surface area contributed by atoms with Crippen LogP contribution in [0.2, 0.25) is 5.02 Å². The van der Waals surface area contributed by atoms with Crippen LogP contribution in [0, 0.1) is 13.8 Å². The van der Waals surface area contributed by atoms with Gasteiger partial charge in [0.15, 0.2) is 5.13 Å². The summed E-state index contributed by atoms with van der Waals surface area (Å²) in [7, 11) is 0. The number of hydrogen-bond acceptors (Lipinski definition) is 4. The number of nitrogens with zero attached hydrogens (tertiary/aromatic N) is 3. The molecule has 3 rings (SSSR count). The molecule has 0 aliphatic heterocycles. The van der Waals surface area contributed by atoms with Crippen LogP contribution < -0.4 is 4.90 Å². The third-order valence-electron chi connectivity index (χ3n) is 4.89. The average Bonchev–Trinajstić information content (AvgIpc) is 3.09. The zero-order chi connectivity index (χ0) is 20.3. The Morgan fingerprint density at radius 1 is 1.11 bits per heavy atom. The molecule has 28 heavy (non-hydrogen) atoms. The molecular weight excluding hydrogens is 390 g/mol. The van der Waals surface area contributed by atoms with Crippen LogP contribution in [-0.4, -0.2) is 42.0 Å². The maximum absolute atomic E-state index is 13.3. The topological polar surface area (TPSA) is 36.4 Å². The lowest BCUT2D eigenvalue weighted by atomic mass is 10.1. The summed E-state index contributed by atoms with van der Waals surface area (Å²) in [6, 6.07) is 11.4. The number of halogens is 1. The Balaban J connectivity index is 2.00. The van der Waals surface area contributed by atoms with Crippen LogP contribution in [0.4, 0.5) is 5.13 Å². The summed E-state index contributed by atoms with van der Waals surface area (Å²) in [6.45, 7) is 11.7. The smallest absolute Gasteiger partial charge is 0.260 e. The first-order chi connectivity index (χ1) is 13.4. The van der Waals surface area contributed by atoms with E-state index in [-0.39, 0.29) is 5.91 Å². The lowest BCUT2D eigenvalue weighted by Crippen LogP contribution is -2.38. The van der Waals surface area contributed by atoms with Crippen molar-refractivity contribution < 1.29 is 4.79 Å². The van der Waals surface area contributed by atoms with Gasteiger partial charge >= 0.3 is 0 Å². The Hall–Kier alpha value is -1.95. The molecule has 0 radical (unpaired) electrons. The molecule has 148 valence electrons. The predicted molar refractivity (Wildman–Crippen MR) is 120 cm³/mol. The molecule has 4 nitrogen and oxygen atoms in total. The van der Waals surface area contributed by atoms with Crippen molar-refractivity contribution in [2.75, 3.05) is 31.1 Å². The quantitative estimate of drug-likeness (QED) is 0.507. The number of fused-ring (bicyclic) bond motifs is 1. The molecule has 1 heterocycles. The van der Waals surface area contributed by atoms with E-state index in [1.807, 2.05) is 6.07 Å². The molecule has 0 aliphatic rings. The van der Waals surface area contributed by atoms with Gasteiger partial charge in [-0.3, -0.25) is 9.69 Å². The van der Waals surface area contributed by atoms with Crippen molar-refractivity contribution in [2.45, 2.75) is 27.7 Å². The van der Waals surface area contributed by atoms with E-state index in [0.29, 0.717) is 17.1 Å². The van der Waals surface area contributed by atoms with E-state index in [0.717, 1.165) is 35.0 Å². The lowest BCUT2D eigenvalue weighted by Gasteiger charge is -2.24. The second-order valence-electron chi connectivity index (χ2n) is 6.92. The first-order valence-electron chi connectivity index (χ1n) is 9.60. The second kappa shape index (κ2) is 9.03. The largest absolute Gasteiger partial charge is 0.302 e. The van der Waals surface area contributed by atoms with Gasteiger partial charge in [0.2, 0.25) is 0 Å². The molecule has 3 aromatic rings. The molecule has 1 aromatic heterocycles. The normalized spacial score (nSPS) is 11.4. The lowest BCUT2D eigenvalue weighted by molar-refractivity contribution is 0.0984. The number of benzene rings is 2. The first kappa shape index (κ1) is 20.8. The van der Waals surface area contributed by atoms with Crippen LogP contribution in [0.3, 0.4) is 0 Å². The van der Waals surface area contributed by atoms with Gasteiger partial charge in [-0.2, -0.15) is 0 Å². The van der Waals surface area contributed by atoms with Gasteiger partial charge in [-0.25, -0.2) is 4.98 Å². The van der Waals surface area contributed by atoms with Gasteiger partial charge in [-0.15, -0.1) is 0 Å². The summed E-state index contributed by atoms with van der Waals surface area (Å²) in [5, 5.41) is 1.30. The minimum Gasteiger partial charge on any atom is -0.302 e. The van der Waals surface area contributed by atoms with Gasteiger partial charge in [0.25, 0.3) is 5.91 Å². The van der Waals surface area contributed by atoms with Gasteiger partial charge in [0.1, 0.15) is 0 Å². The highest BCUT2D eigenvalue weighted by atomic mass is 35.5. The summed E-state index contributed by atoms with van der Waals surface area (Å²) in [5.74, 6) is -0.0666. The minimum atomic E-state index is -0.0666. The summed E-state index contributed by atoms with van der Waals surface area (Å²) >= 11 is 7.70. The number of rotatable bonds is 7. The van der Waals surface area contributed by atoms with Crippen LogP contribution in [-0.2, 0) is 0 Å². The molecule has 0 atom stereocenters. The Kier molecular flexibility index (Phi) is 6.70. The Morgan fingerprint density at radius 2 is 1.86 bits per heavy atom. The third-order valence-corrected chi connectivity index (χ3v) is 6.36. The number of carbonyl (C=O) groups is 1. The molecule has 0 fully saturated rings. The van der Waals surface area contributed by atoms with Gasteiger partial charge in [0.05, 0.1) is 10.2 Å². The van der Waals surface area contributed by atoms with Gasteiger partial charge in [-0.1, -0.05) is 48.9 Å². The van der Waals surface area contributed by atoms with E-state index in [9.17, 15) is 4.79 Å². The molecule has 0 unspecified atom stereocenters. The van der Waals surface area contributed by atoms with Crippen molar-refractivity contribution in [3.63, 3.8) is 0 Å². The van der Waals surface area contributed by atoms with Crippen molar-refractivity contribution in [1.82, 2.24) is 9.88 Å². The number of aryl methyl sites for hydroxylation is 2. The summed E-state index contributed by atoms with van der Waals surface area (Å²) in [5.41, 5.74) is 3.90. The van der Waals surface area contributed by atoms with Crippen molar-refractivity contribution >= 4 is 44.2 Å². The molecule has 1 amide bonds. The highest BCUT2D eigenvalue weighted by Crippen LogP contribution is 2.33. The first-order valence-corrected chi connectivity index (χ1v) is 10.8. The van der Waals surface area contributed by atoms with Crippen LogP contribution in [0.1, 0.15) is 35.3 Å². The van der Waals surface area contributed by atoms with E-state index in [1.54, 1.807) is 34.4 Å². The third kappa shape index (κ3) is 4.54. The number of thiazole rings is 1. The molecule has 0 bridgehead atoms. The summed E-state index contributed by atoms with van der Waals surface area (Å²) in [4.78, 5) is 22.2. The molecule has 0 saturated carbocycles. The number of likely N-dealkylation sites (N-methyl/N-ethyl adjacent to an activating group) is 1. The minimum absolute atomic E-state index is 0.0666. The second-order valence-corrected chi connectivity index (χ2v) is 8.33. The number of anilines is 1. The van der Waals surface area contributed by atoms with E-state index >= 15 is 0 Å². The van der Waals surface area contributed by atoms with E-state index in [1.165, 1.54) is 11.1 Å². The van der Waals surface area contributed by atoms with E-state index in [2.05, 4.69) is 44.7 Å². The predicted octanol–water partition coefficient (Wildman–Crippen LogP) is 5.56. The highest BCUT2D eigenvalue weighted by molar-refractivity contribution is 7.22. The Morgan fingerprint density at radius 3 is 2.54 bits per heavy atom. The van der Waals surface area contributed by atoms with Crippen LogP contribution >= 0.6 is 22.9 Å². The van der Waals surface area contributed by atoms with Crippen LogP contribution in [0.15, 0.2) is 36.4 Å². The van der Waals surface area contributed by atoms with Crippen LogP contribution in [0.5, 0.6) is 0 Å². The van der Waals surface area contributed by atoms with Gasteiger partial charge in [-0.05, 0) is 62.3 Å². The van der Waals surface area contributed by atoms with Gasteiger partial charge < -0.3 is 4.90 Å². The zero-order valence-corrected chi connectivity index (χ0v) is 18.4. The van der Waals surface area contributed by atoms with Gasteiger partial charge in [0, 0.05) is 23.7 Å². The molecule has 0 saturated heterocycles. The molecular formula is C22H26ClN3OS. The molecule has 0 aliphatic carbocycles. The maximum Gasteiger partial charge on any atom is 0.260 e. The van der Waals surface area contributed by atoms with Crippen molar-refractivity contribution in [3.8, 4) is 0 Å². The number of carbonyl (C=O) groups excluding carboxylic acids is 1. The average molecular weight is 416 g/mol. The SMILES string of the molecule is CCN(CC)CCN(C(=O)c1cccc(Cl)c1)c1nc2cc(C)cc(C)c2s1. The fourth-order valence-electron chi connectivity index (χ4n) is 3.32. The molecule has 2 aromatic carbocycles. The number of amides is 1. The van der Waals surface area contributed by atoms with Crippen molar-refractivity contribution in [1.29, 1.82) is 0 Å². The maximum atomic E-state index is 13.3.